The van der Waals surface area contributed by atoms with Gasteiger partial charge >= 0.3 is 0 Å². The van der Waals surface area contributed by atoms with Crippen molar-refractivity contribution in [3.05, 3.63) is 65.3 Å². The second-order valence-corrected chi connectivity index (χ2v) is 7.72. The van der Waals surface area contributed by atoms with Gasteiger partial charge in [-0.25, -0.2) is 10.1 Å². The van der Waals surface area contributed by atoms with Gasteiger partial charge in [0.25, 0.3) is 0 Å². The number of nitrogens with zero attached hydrogens (tertiary/aromatic N) is 4. The molecule has 8 heteroatoms. The van der Waals surface area contributed by atoms with E-state index in [-0.39, 0.29) is 0 Å². The van der Waals surface area contributed by atoms with Gasteiger partial charge in [-0.15, -0.1) is 5.10 Å². The van der Waals surface area contributed by atoms with Crippen molar-refractivity contribution in [3.8, 4) is 28.3 Å². The predicted octanol–water partition coefficient (Wildman–Crippen LogP) is 5.53. The number of tetrazole rings is 1. The first-order valence-electron chi connectivity index (χ1n) is 10.4. The lowest BCUT2D eigenvalue weighted by Gasteiger charge is -2.03. The number of aryl methyl sites for hydroxylation is 2. The second kappa shape index (κ2) is 10.2. The molecule has 0 aliphatic heterocycles. The highest BCUT2D eigenvalue weighted by Gasteiger charge is 2.17. The predicted molar refractivity (Wildman–Crippen MR) is 119 cm³/mol. The fourth-order valence-electron chi connectivity index (χ4n) is 3.42. The minimum atomic E-state index is 0.694. The van der Waals surface area contributed by atoms with Crippen LogP contribution in [0.1, 0.15) is 37.4 Å². The number of hydrogen-bond acceptors (Lipinski definition) is 6. The third kappa shape index (κ3) is 5.49. The molecule has 160 valence electrons. The number of methoxy groups -OCH3 is 1. The van der Waals surface area contributed by atoms with Crippen LogP contribution in [0, 0.1) is 0 Å². The molecule has 0 saturated carbocycles. The van der Waals surface area contributed by atoms with Crippen LogP contribution in [0.5, 0.6) is 5.75 Å². The summed E-state index contributed by atoms with van der Waals surface area (Å²) in [6.45, 7) is 0. The van der Waals surface area contributed by atoms with Crippen LogP contribution in [0.15, 0.2) is 52.9 Å². The number of aromatic amines is 1. The maximum atomic E-state index is 6.21. The molecular weight excluding hydrogens is 414 g/mol. The lowest BCUT2D eigenvalue weighted by atomic mass is 10.1. The first-order valence-corrected chi connectivity index (χ1v) is 10.7. The number of aromatic nitrogens is 5. The maximum absolute atomic E-state index is 6.21. The third-order valence-corrected chi connectivity index (χ3v) is 5.34. The Bertz CT molecular complexity index is 1080. The molecule has 4 aromatic rings. The number of unbranched alkanes of at least 4 members (excludes halogenated alkanes) is 3. The van der Waals surface area contributed by atoms with E-state index < -0.39 is 0 Å². The van der Waals surface area contributed by atoms with Crippen molar-refractivity contribution in [1.82, 2.24) is 25.6 Å². The van der Waals surface area contributed by atoms with Crippen LogP contribution in [0.3, 0.4) is 0 Å². The fraction of sp³-hybridized carbons (Fsp3) is 0.304. The summed E-state index contributed by atoms with van der Waals surface area (Å²) in [7, 11) is 1.66. The molecule has 0 saturated heterocycles. The van der Waals surface area contributed by atoms with Crippen LogP contribution < -0.4 is 4.74 Å². The van der Waals surface area contributed by atoms with E-state index >= 15 is 0 Å². The molecule has 0 atom stereocenters. The Morgan fingerprint density at radius 3 is 2.29 bits per heavy atom. The van der Waals surface area contributed by atoms with E-state index in [1.54, 1.807) is 7.11 Å². The number of oxazole rings is 1. The summed E-state index contributed by atoms with van der Waals surface area (Å²) in [6, 6.07) is 15.5. The molecular formula is C23H24ClN5O2. The van der Waals surface area contributed by atoms with Gasteiger partial charge in [-0.05, 0) is 59.7 Å². The Labute approximate surface area is 185 Å². The fourth-order valence-corrected chi connectivity index (χ4v) is 3.55. The topological polar surface area (TPSA) is 89.7 Å². The van der Waals surface area contributed by atoms with Crippen molar-refractivity contribution in [1.29, 1.82) is 0 Å². The zero-order valence-electron chi connectivity index (χ0n) is 17.3. The molecule has 0 aliphatic carbocycles. The third-order valence-electron chi connectivity index (χ3n) is 5.08. The van der Waals surface area contributed by atoms with Gasteiger partial charge in [-0.3, -0.25) is 0 Å². The normalized spacial score (nSPS) is 11.0. The largest absolute Gasteiger partial charge is 0.497 e. The Morgan fingerprint density at radius 1 is 0.903 bits per heavy atom. The second-order valence-electron chi connectivity index (χ2n) is 7.28. The van der Waals surface area contributed by atoms with Crippen LogP contribution >= 0.6 is 11.6 Å². The minimum absolute atomic E-state index is 0.694. The number of rotatable bonds is 10. The zero-order valence-corrected chi connectivity index (χ0v) is 18.1. The summed E-state index contributed by atoms with van der Waals surface area (Å²) in [6.07, 6.45) is 5.93. The van der Waals surface area contributed by atoms with Gasteiger partial charge in [-0.1, -0.05) is 36.6 Å². The molecule has 7 nitrogen and oxygen atoms in total. The Hall–Kier alpha value is -3.19. The molecule has 2 heterocycles. The zero-order chi connectivity index (χ0) is 21.5. The van der Waals surface area contributed by atoms with Gasteiger partial charge in [0.05, 0.1) is 7.11 Å². The molecule has 2 aromatic heterocycles. The van der Waals surface area contributed by atoms with Crippen molar-refractivity contribution in [2.75, 3.05) is 7.11 Å². The SMILES string of the molecule is COc1ccc(-c2oc(CCCCCCc3nnn[nH]3)nc2-c2ccc(Cl)cc2)cc1. The van der Waals surface area contributed by atoms with E-state index in [0.29, 0.717) is 5.02 Å². The maximum Gasteiger partial charge on any atom is 0.195 e. The summed E-state index contributed by atoms with van der Waals surface area (Å²) in [5.74, 6) is 3.15. The first kappa shape index (κ1) is 21.1. The standard InChI is InChI=1S/C23H24ClN5O2/c1-30-19-14-10-17(11-15-19)23-22(16-8-12-18(24)13-9-16)25-21(31-23)7-5-3-2-4-6-20-26-28-29-27-20/h8-15H,2-7H2,1H3,(H,26,27,28,29). The van der Waals surface area contributed by atoms with Crippen molar-refractivity contribution in [3.63, 3.8) is 0 Å². The highest BCUT2D eigenvalue weighted by molar-refractivity contribution is 6.30. The lowest BCUT2D eigenvalue weighted by molar-refractivity contribution is 0.415. The van der Waals surface area contributed by atoms with E-state index in [4.69, 9.17) is 25.7 Å². The Balaban J connectivity index is 1.44. The summed E-state index contributed by atoms with van der Waals surface area (Å²) >= 11 is 6.07. The smallest absolute Gasteiger partial charge is 0.195 e. The van der Waals surface area contributed by atoms with Crippen molar-refractivity contribution in [2.45, 2.75) is 38.5 Å². The number of H-pyrrole nitrogens is 1. The molecule has 0 spiro atoms. The van der Waals surface area contributed by atoms with Crippen LogP contribution in [0.4, 0.5) is 0 Å². The molecule has 0 aliphatic rings. The lowest BCUT2D eigenvalue weighted by Crippen LogP contribution is -1.90. The van der Waals surface area contributed by atoms with Crippen molar-refractivity contribution >= 4 is 11.6 Å². The molecule has 0 radical (unpaired) electrons. The molecule has 31 heavy (non-hydrogen) atoms. The van der Waals surface area contributed by atoms with Gasteiger partial charge < -0.3 is 9.15 Å². The molecule has 0 amide bonds. The molecule has 0 unspecified atom stereocenters. The number of ether oxygens (including phenoxy) is 1. The molecule has 0 bridgehead atoms. The summed E-state index contributed by atoms with van der Waals surface area (Å²) < 4.78 is 11.5. The van der Waals surface area contributed by atoms with Gasteiger partial charge in [0, 0.05) is 29.0 Å². The first-order chi connectivity index (χ1) is 15.2. The minimum Gasteiger partial charge on any atom is -0.497 e. The van der Waals surface area contributed by atoms with Crippen LogP contribution in [-0.2, 0) is 12.8 Å². The monoisotopic (exact) mass is 437 g/mol. The van der Waals surface area contributed by atoms with Crippen LogP contribution in [0.2, 0.25) is 5.02 Å². The van der Waals surface area contributed by atoms with E-state index in [0.717, 1.165) is 78.6 Å². The average Bonchev–Trinajstić information content (AvgIpc) is 3.47. The van der Waals surface area contributed by atoms with Gasteiger partial charge in [-0.2, -0.15) is 0 Å². The van der Waals surface area contributed by atoms with Gasteiger partial charge in [0.1, 0.15) is 17.3 Å². The quantitative estimate of drug-likeness (QED) is 0.328. The molecule has 4 rings (SSSR count). The summed E-state index contributed by atoms with van der Waals surface area (Å²) in [5, 5.41) is 14.6. The van der Waals surface area contributed by atoms with Crippen LogP contribution in [-0.4, -0.2) is 32.7 Å². The van der Waals surface area contributed by atoms with Crippen LogP contribution in [0.25, 0.3) is 22.6 Å². The van der Waals surface area contributed by atoms with E-state index in [9.17, 15) is 0 Å². The Kier molecular flexibility index (Phi) is 6.94. The van der Waals surface area contributed by atoms with E-state index in [2.05, 4.69) is 20.6 Å². The number of nitrogens with one attached hydrogen (secondary N) is 1. The molecule has 0 fully saturated rings. The number of benzene rings is 2. The average molecular weight is 438 g/mol. The van der Waals surface area contributed by atoms with Gasteiger partial charge in [0.15, 0.2) is 11.7 Å². The summed E-state index contributed by atoms with van der Waals surface area (Å²) in [5.41, 5.74) is 2.77. The highest BCUT2D eigenvalue weighted by Crippen LogP contribution is 2.34. The highest BCUT2D eigenvalue weighted by atomic mass is 35.5. The Morgan fingerprint density at radius 2 is 1.61 bits per heavy atom. The van der Waals surface area contributed by atoms with Crippen molar-refractivity contribution < 1.29 is 9.15 Å². The number of hydrogen-bond donors (Lipinski definition) is 1. The van der Waals surface area contributed by atoms with Crippen molar-refractivity contribution in [2.24, 2.45) is 0 Å². The molecule has 2 aromatic carbocycles. The number of halogens is 1. The van der Waals surface area contributed by atoms with E-state index in [1.807, 2.05) is 48.5 Å². The molecule has 1 N–H and O–H groups in total. The van der Waals surface area contributed by atoms with E-state index in [1.165, 1.54) is 0 Å². The van der Waals surface area contributed by atoms with Gasteiger partial charge in [0.2, 0.25) is 0 Å². The summed E-state index contributed by atoms with van der Waals surface area (Å²) in [4.78, 5) is 4.81.